The third-order valence-corrected chi connectivity index (χ3v) is 2.58. The first-order chi connectivity index (χ1) is 9.01. The van der Waals surface area contributed by atoms with Crippen LogP contribution in [0, 0.1) is 0 Å². The number of hydrogen-bond donors (Lipinski definition) is 5. The molecular weight excluding hydrogens is 254 g/mol. The molecule has 106 valence electrons. The van der Waals surface area contributed by atoms with Crippen LogP contribution in [0.2, 0.25) is 0 Å². The molecule has 0 fully saturated rings. The molecule has 6 N–H and O–H groups in total. The van der Waals surface area contributed by atoms with E-state index in [1.165, 1.54) is 6.07 Å². The van der Waals surface area contributed by atoms with Gasteiger partial charge in [0, 0.05) is 0 Å². The monoisotopic (exact) mass is 271 g/mol. The van der Waals surface area contributed by atoms with Crippen LogP contribution in [0.15, 0.2) is 24.3 Å². The third-order valence-electron chi connectivity index (χ3n) is 2.58. The summed E-state index contributed by atoms with van der Waals surface area (Å²) in [5.41, 5.74) is 5.87. The Morgan fingerprint density at radius 2 is 1.84 bits per heavy atom. The van der Waals surface area contributed by atoms with Crippen molar-refractivity contribution < 1.29 is 30.0 Å². The molecule has 0 amide bonds. The zero-order valence-corrected chi connectivity index (χ0v) is 10.1. The van der Waals surface area contributed by atoms with E-state index in [2.05, 4.69) is 0 Å². The number of aliphatic hydroxyl groups is 4. The molecule has 0 aliphatic heterocycles. The number of anilines is 1. The summed E-state index contributed by atoms with van der Waals surface area (Å²) in [7, 11) is 0. The second kappa shape index (κ2) is 7.05. The van der Waals surface area contributed by atoms with Gasteiger partial charge in [0.05, 0.1) is 12.3 Å². The molecule has 1 aromatic rings. The van der Waals surface area contributed by atoms with Crippen LogP contribution in [0.5, 0.6) is 5.75 Å². The number of aldehydes is 1. The molecule has 0 radical (unpaired) electrons. The van der Waals surface area contributed by atoms with Crippen LogP contribution in [0.3, 0.4) is 0 Å². The van der Waals surface area contributed by atoms with Gasteiger partial charge in [0.25, 0.3) is 0 Å². The zero-order chi connectivity index (χ0) is 14.4. The van der Waals surface area contributed by atoms with E-state index in [-0.39, 0.29) is 17.7 Å². The van der Waals surface area contributed by atoms with Crippen LogP contribution in [0.1, 0.15) is 0 Å². The van der Waals surface area contributed by atoms with E-state index in [4.69, 9.17) is 15.6 Å². The number of nitrogens with two attached hydrogens (primary N) is 1. The minimum atomic E-state index is -1.72. The Labute approximate surface area is 109 Å². The lowest BCUT2D eigenvalue weighted by Crippen LogP contribution is -2.48. The van der Waals surface area contributed by atoms with E-state index in [1.54, 1.807) is 18.2 Å². The maximum atomic E-state index is 10.9. The molecule has 0 aromatic heterocycles. The van der Waals surface area contributed by atoms with Gasteiger partial charge in [-0.05, 0) is 12.1 Å². The minimum Gasteiger partial charge on any atom is -0.478 e. The Kier molecular flexibility index (Phi) is 5.71. The maximum absolute atomic E-state index is 10.9. The molecule has 0 aliphatic carbocycles. The molecule has 1 rings (SSSR count). The molecule has 0 spiro atoms. The standard InChI is InChI=1S/C12H17NO6/c13-7-3-1-2-4-9(7)19-10(6-15)12(18)11(17)8(16)5-14/h1-4,6,8,10-12,14,16-18H,5,13H2/t8-,10-,11-,12-/m1/s1. The van der Waals surface area contributed by atoms with Gasteiger partial charge < -0.3 is 30.9 Å². The number of aliphatic hydroxyl groups excluding tert-OH is 4. The highest BCUT2D eigenvalue weighted by Gasteiger charge is 2.32. The summed E-state index contributed by atoms with van der Waals surface area (Å²) in [4.78, 5) is 10.9. The molecule has 7 nitrogen and oxygen atoms in total. The molecule has 1 aromatic carbocycles. The third kappa shape index (κ3) is 3.90. The summed E-state index contributed by atoms with van der Waals surface area (Å²) in [6.45, 7) is -0.753. The number of rotatable bonds is 7. The summed E-state index contributed by atoms with van der Waals surface area (Å²) < 4.78 is 5.18. The highest BCUT2D eigenvalue weighted by atomic mass is 16.5. The van der Waals surface area contributed by atoms with Gasteiger partial charge in [0.2, 0.25) is 0 Å². The first-order valence-corrected chi connectivity index (χ1v) is 5.62. The fourth-order valence-electron chi connectivity index (χ4n) is 1.44. The first-order valence-electron chi connectivity index (χ1n) is 5.62. The molecule has 19 heavy (non-hydrogen) atoms. The Morgan fingerprint density at radius 3 is 2.37 bits per heavy atom. The van der Waals surface area contributed by atoms with Gasteiger partial charge in [-0.3, -0.25) is 4.79 Å². The maximum Gasteiger partial charge on any atom is 0.182 e. The van der Waals surface area contributed by atoms with Crippen molar-refractivity contribution in [3.05, 3.63) is 24.3 Å². The molecule has 7 heteroatoms. The van der Waals surface area contributed by atoms with Gasteiger partial charge in [-0.2, -0.15) is 0 Å². The van der Waals surface area contributed by atoms with Crippen LogP contribution in [-0.2, 0) is 4.79 Å². The van der Waals surface area contributed by atoms with Crippen LogP contribution in [0.4, 0.5) is 5.69 Å². The van der Waals surface area contributed by atoms with Crippen LogP contribution in [0.25, 0.3) is 0 Å². The smallest absolute Gasteiger partial charge is 0.182 e. The van der Waals surface area contributed by atoms with Crippen molar-refractivity contribution in [1.29, 1.82) is 0 Å². The average Bonchev–Trinajstić information content (AvgIpc) is 2.44. The largest absolute Gasteiger partial charge is 0.478 e. The Bertz CT molecular complexity index is 413. The number of carbonyl (C=O) groups is 1. The molecule has 0 saturated heterocycles. The second-order valence-corrected chi connectivity index (χ2v) is 3.99. The van der Waals surface area contributed by atoms with E-state index < -0.39 is 31.0 Å². The number of benzene rings is 1. The van der Waals surface area contributed by atoms with E-state index in [0.717, 1.165) is 0 Å². The van der Waals surface area contributed by atoms with Crippen molar-refractivity contribution >= 4 is 12.0 Å². The van der Waals surface area contributed by atoms with Gasteiger partial charge >= 0.3 is 0 Å². The lowest BCUT2D eigenvalue weighted by molar-refractivity contribution is -0.132. The van der Waals surface area contributed by atoms with E-state index in [9.17, 15) is 20.1 Å². The molecule has 0 aliphatic rings. The normalized spacial score (nSPS) is 17.3. The van der Waals surface area contributed by atoms with Crippen LogP contribution in [-0.4, -0.2) is 57.7 Å². The van der Waals surface area contributed by atoms with Crippen molar-refractivity contribution in [3.63, 3.8) is 0 Å². The minimum absolute atomic E-state index is 0.171. The fraction of sp³-hybridized carbons (Fsp3) is 0.417. The van der Waals surface area contributed by atoms with Crippen molar-refractivity contribution in [3.8, 4) is 5.75 Å². The molecule has 4 atom stereocenters. The van der Waals surface area contributed by atoms with Crippen LogP contribution >= 0.6 is 0 Å². The molecule has 0 saturated carbocycles. The molecule has 0 bridgehead atoms. The molecule has 0 heterocycles. The number of carbonyl (C=O) groups excluding carboxylic acids is 1. The van der Waals surface area contributed by atoms with Gasteiger partial charge in [-0.25, -0.2) is 0 Å². The summed E-state index contributed by atoms with van der Waals surface area (Å²) in [6, 6.07) is 6.33. The predicted octanol–water partition coefficient (Wildman–Crippen LogP) is -1.71. The quantitative estimate of drug-likeness (QED) is 0.294. The van der Waals surface area contributed by atoms with E-state index in [1.807, 2.05) is 0 Å². The van der Waals surface area contributed by atoms with Gasteiger partial charge in [-0.15, -0.1) is 0 Å². The Hall–Kier alpha value is -1.67. The molecule has 0 unspecified atom stereocenters. The van der Waals surface area contributed by atoms with Gasteiger partial charge in [-0.1, -0.05) is 12.1 Å². The van der Waals surface area contributed by atoms with Gasteiger partial charge in [0.1, 0.15) is 24.1 Å². The number of hydrogen-bond acceptors (Lipinski definition) is 7. The summed E-state index contributed by atoms with van der Waals surface area (Å²) >= 11 is 0. The SMILES string of the molecule is Nc1ccccc1O[C@H](C=O)[C@@H](O)[C@H](O)[C@H](O)CO. The van der Waals surface area contributed by atoms with Crippen molar-refractivity contribution in [2.75, 3.05) is 12.3 Å². The Morgan fingerprint density at radius 1 is 1.21 bits per heavy atom. The predicted molar refractivity (Wildman–Crippen MR) is 66.4 cm³/mol. The lowest BCUT2D eigenvalue weighted by Gasteiger charge is -2.26. The summed E-state index contributed by atoms with van der Waals surface area (Å²) in [5.74, 6) is 0.171. The fourth-order valence-corrected chi connectivity index (χ4v) is 1.44. The van der Waals surface area contributed by atoms with E-state index in [0.29, 0.717) is 0 Å². The molecular formula is C12H17NO6. The van der Waals surface area contributed by atoms with Crippen molar-refractivity contribution in [2.45, 2.75) is 24.4 Å². The second-order valence-electron chi connectivity index (χ2n) is 3.99. The average molecular weight is 271 g/mol. The summed E-state index contributed by atoms with van der Waals surface area (Å²) in [6.07, 6.45) is -6.12. The van der Waals surface area contributed by atoms with E-state index >= 15 is 0 Å². The highest BCUT2D eigenvalue weighted by molar-refractivity contribution is 5.60. The van der Waals surface area contributed by atoms with Crippen molar-refractivity contribution in [1.82, 2.24) is 0 Å². The number of ether oxygens (including phenoxy) is 1. The summed E-state index contributed by atoms with van der Waals surface area (Å²) in [5, 5.41) is 37.1. The lowest BCUT2D eigenvalue weighted by atomic mass is 10.0. The van der Waals surface area contributed by atoms with Gasteiger partial charge in [0.15, 0.2) is 12.4 Å². The number of para-hydroxylation sites is 2. The topological polar surface area (TPSA) is 133 Å². The first kappa shape index (κ1) is 15.4. The highest BCUT2D eigenvalue weighted by Crippen LogP contribution is 2.22. The van der Waals surface area contributed by atoms with Crippen LogP contribution < -0.4 is 10.5 Å². The van der Waals surface area contributed by atoms with Crippen molar-refractivity contribution in [2.24, 2.45) is 0 Å². The number of nitrogen functional groups attached to an aromatic ring is 1. The Balaban J connectivity index is 2.78. The zero-order valence-electron chi connectivity index (χ0n) is 10.1.